The maximum atomic E-state index is 12.6. The van der Waals surface area contributed by atoms with Gasteiger partial charge in [-0.05, 0) is 61.7 Å². The van der Waals surface area contributed by atoms with Gasteiger partial charge in [-0.1, -0.05) is 0 Å². The lowest BCUT2D eigenvalue weighted by atomic mass is 10.1. The highest BCUT2D eigenvalue weighted by Gasteiger charge is 2.16. The Kier molecular flexibility index (Phi) is 6.72. The molecule has 6 nitrogen and oxygen atoms in total. The lowest BCUT2D eigenvalue weighted by molar-refractivity contribution is -0.114. The molecule has 1 aliphatic heterocycles. The second kappa shape index (κ2) is 9.83. The number of carbonyl (C=O) groups excluding carboxylic acids is 2. The number of carbonyl (C=O) groups is 2. The number of thioether (sulfide) groups is 1. The number of hydrogen-bond acceptors (Lipinski definition) is 5. The van der Waals surface area contributed by atoms with Crippen molar-refractivity contribution < 1.29 is 9.59 Å². The van der Waals surface area contributed by atoms with Crippen LogP contribution in [0.1, 0.15) is 26.2 Å². The fraction of sp³-hybridized carbons (Fsp3) is 0.292. The fourth-order valence-corrected chi connectivity index (χ4v) is 4.57. The van der Waals surface area contributed by atoms with Crippen molar-refractivity contribution in [1.82, 2.24) is 4.98 Å². The number of benzene rings is 2. The number of pyridine rings is 1. The van der Waals surface area contributed by atoms with Crippen LogP contribution in [0.25, 0.3) is 10.8 Å². The largest absolute Gasteiger partial charge is 0.371 e. The quantitative estimate of drug-likeness (QED) is 0.539. The molecule has 2 aromatic carbocycles. The minimum atomic E-state index is -0.104. The summed E-state index contributed by atoms with van der Waals surface area (Å²) < 4.78 is 0. The van der Waals surface area contributed by atoms with Gasteiger partial charge >= 0.3 is 0 Å². The van der Waals surface area contributed by atoms with Gasteiger partial charge in [0, 0.05) is 59.4 Å². The average Bonchev–Trinajstić information content (AvgIpc) is 2.79. The lowest BCUT2D eigenvalue weighted by Gasteiger charge is -2.30. The van der Waals surface area contributed by atoms with Gasteiger partial charge in [-0.2, -0.15) is 0 Å². The number of piperidine rings is 1. The third kappa shape index (κ3) is 5.35. The van der Waals surface area contributed by atoms with Gasteiger partial charge < -0.3 is 15.5 Å². The van der Waals surface area contributed by atoms with Gasteiger partial charge in [0.15, 0.2) is 0 Å². The molecule has 1 fully saturated rings. The van der Waals surface area contributed by atoms with Crippen LogP contribution in [0.4, 0.5) is 17.1 Å². The minimum Gasteiger partial charge on any atom is -0.371 e. The van der Waals surface area contributed by atoms with Gasteiger partial charge in [0.2, 0.25) is 11.8 Å². The average molecular weight is 435 g/mol. The smallest absolute Gasteiger partial charge is 0.234 e. The summed E-state index contributed by atoms with van der Waals surface area (Å²) in [5.41, 5.74) is 2.74. The van der Waals surface area contributed by atoms with E-state index in [-0.39, 0.29) is 11.8 Å². The molecule has 160 valence electrons. The molecule has 2 N–H and O–H groups in total. The van der Waals surface area contributed by atoms with Crippen LogP contribution in [-0.4, -0.2) is 35.6 Å². The maximum Gasteiger partial charge on any atom is 0.234 e. The Balaban J connectivity index is 1.43. The predicted octanol–water partition coefficient (Wildman–Crippen LogP) is 4.91. The summed E-state index contributed by atoms with van der Waals surface area (Å²) in [5, 5.41) is 7.87. The summed E-state index contributed by atoms with van der Waals surface area (Å²) in [5.74, 6) is 0.134. The van der Waals surface area contributed by atoms with Crippen molar-refractivity contribution >= 4 is 51.4 Å². The first kappa shape index (κ1) is 21.2. The molecule has 0 unspecified atom stereocenters. The molecule has 1 saturated heterocycles. The third-order valence-electron chi connectivity index (χ3n) is 5.31. The number of anilines is 3. The van der Waals surface area contributed by atoms with E-state index in [9.17, 15) is 9.59 Å². The van der Waals surface area contributed by atoms with Crippen LogP contribution in [-0.2, 0) is 9.59 Å². The standard InChI is InChI=1S/C24H26N4O2S/c1-17(29)26-18-5-7-19(8-6-18)31-16-24(30)27-22-9-10-23(28-13-3-2-4-14-28)20-11-12-25-15-21(20)22/h5-12,15H,2-4,13-14,16H2,1H3,(H,26,29)(H,27,30). The van der Waals surface area contributed by atoms with Crippen molar-refractivity contribution in [3.05, 3.63) is 54.9 Å². The number of aromatic nitrogens is 1. The highest BCUT2D eigenvalue weighted by molar-refractivity contribution is 8.00. The lowest BCUT2D eigenvalue weighted by Crippen LogP contribution is -2.29. The van der Waals surface area contributed by atoms with Crippen LogP contribution in [0.3, 0.4) is 0 Å². The first-order valence-electron chi connectivity index (χ1n) is 10.5. The van der Waals surface area contributed by atoms with Crippen molar-refractivity contribution in [3.8, 4) is 0 Å². The van der Waals surface area contributed by atoms with Gasteiger partial charge in [0.1, 0.15) is 0 Å². The topological polar surface area (TPSA) is 74.3 Å². The summed E-state index contributed by atoms with van der Waals surface area (Å²) >= 11 is 1.46. The molecule has 1 aromatic heterocycles. The molecular formula is C24H26N4O2S. The van der Waals surface area contributed by atoms with E-state index in [1.54, 1.807) is 0 Å². The predicted molar refractivity (Wildman–Crippen MR) is 128 cm³/mol. The maximum absolute atomic E-state index is 12.6. The Morgan fingerprint density at radius 1 is 0.968 bits per heavy atom. The summed E-state index contributed by atoms with van der Waals surface area (Å²) in [6.45, 7) is 3.62. The van der Waals surface area contributed by atoms with Crippen LogP contribution in [0.15, 0.2) is 59.8 Å². The third-order valence-corrected chi connectivity index (χ3v) is 6.32. The number of nitrogens with one attached hydrogen (secondary N) is 2. The van der Waals surface area contributed by atoms with Gasteiger partial charge in [-0.25, -0.2) is 0 Å². The second-order valence-electron chi connectivity index (χ2n) is 7.64. The van der Waals surface area contributed by atoms with Gasteiger partial charge in [0.05, 0.1) is 11.4 Å². The zero-order valence-corrected chi connectivity index (χ0v) is 18.4. The van der Waals surface area contributed by atoms with E-state index < -0.39 is 0 Å². The second-order valence-corrected chi connectivity index (χ2v) is 8.69. The molecule has 7 heteroatoms. The Labute approximate surface area is 186 Å². The molecule has 4 rings (SSSR count). The van der Waals surface area contributed by atoms with Crippen LogP contribution < -0.4 is 15.5 Å². The highest BCUT2D eigenvalue weighted by Crippen LogP contribution is 2.33. The van der Waals surface area contributed by atoms with Gasteiger partial charge in [-0.3, -0.25) is 14.6 Å². The molecule has 3 aromatic rings. The van der Waals surface area contributed by atoms with Crippen LogP contribution in [0, 0.1) is 0 Å². The Morgan fingerprint density at radius 2 is 1.74 bits per heavy atom. The molecule has 0 aliphatic carbocycles. The van der Waals surface area contributed by atoms with E-state index in [2.05, 4.69) is 26.6 Å². The Bertz CT molecular complexity index is 1080. The van der Waals surface area contributed by atoms with Gasteiger partial charge in [-0.15, -0.1) is 11.8 Å². The summed E-state index contributed by atoms with van der Waals surface area (Å²) in [7, 11) is 0. The van der Waals surface area contributed by atoms with Gasteiger partial charge in [0.25, 0.3) is 0 Å². The number of amides is 2. The van der Waals surface area contributed by atoms with Crippen LogP contribution in [0.5, 0.6) is 0 Å². The number of fused-ring (bicyclic) bond motifs is 1. The molecule has 0 bridgehead atoms. The van der Waals surface area contributed by atoms with E-state index in [1.807, 2.05) is 48.8 Å². The van der Waals surface area contributed by atoms with Crippen molar-refractivity contribution in [2.75, 3.05) is 34.4 Å². The highest BCUT2D eigenvalue weighted by atomic mass is 32.2. The molecule has 0 atom stereocenters. The molecular weight excluding hydrogens is 408 g/mol. The van der Waals surface area contributed by atoms with E-state index in [4.69, 9.17) is 0 Å². The summed E-state index contributed by atoms with van der Waals surface area (Å²) in [6, 6.07) is 13.6. The first-order valence-corrected chi connectivity index (χ1v) is 11.5. The van der Waals surface area contributed by atoms with Crippen LogP contribution >= 0.6 is 11.8 Å². The number of nitrogens with zero attached hydrogens (tertiary/aromatic N) is 2. The minimum absolute atomic E-state index is 0.0631. The zero-order valence-electron chi connectivity index (χ0n) is 17.6. The number of rotatable bonds is 6. The number of hydrogen-bond donors (Lipinski definition) is 2. The molecule has 1 aliphatic rings. The summed E-state index contributed by atoms with van der Waals surface area (Å²) in [4.78, 5) is 31.4. The Hall–Kier alpha value is -3.06. The molecule has 0 saturated carbocycles. The summed E-state index contributed by atoms with van der Waals surface area (Å²) in [6.07, 6.45) is 7.36. The van der Waals surface area contributed by atoms with E-state index >= 15 is 0 Å². The molecule has 2 amide bonds. The fourth-order valence-electron chi connectivity index (χ4n) is 3.87. The van der Waals surface area contributed by atoms with Crippen LogP contribution in [0.2, 0.25) is 0 Å². The van der Waals surface area contributed by atoms with Crippen molar-refractivity contribution in [2.24, 2.45) is 0 Å². The van der Waals surface area contributed by atoms with Crippen molar-refractivity contribution in [1.29, 1.82) is 0 Å². The SMILES string of the molecule is CC(=O)Nc1ccc(SCC(=O)Nc2ccc(N3CCCCC3)c3ccncc23)cc1. The molecule has 2 heterocycles. The molecule has 31 heavy (non-hydrogen) atoms. The molecule has 0 radical (unpaired) electrons. The van der Waals surface area contributed by atoms with E-state index in [0.29, 0.717) is 5.75 Å². The molecule has 0 spiro atoms. The zero-order chi connectivity index (χ0) is 21.6. The Morgan fingerprint density at radius 3 is 2.48 bits per heavy atom. The normalized spacial score (nSPS) is 13.8. The van der Waals surface area contributed by atoms with E-state index in [1.165, 1.54) is 43.6 Å². The van der Waals surface area contributed by atoms with Crippen molar-refractivity contribution in [2.45, 2.75) is 31.1 Å². The monoisotopic (exact) mass is 434 g/mol. The van der Waals surface area contributed by atoms with E-state index in [0.717, 1.165) is 40.1 Å². The first-order chi connectivity index (χ1) is 15.1. The van der Waals surface area contributed by atoms with Crippen molar-refractivity contribution in [3.63, 3.8) is 0 Å².